The Labute approximate surface area is 76.7 Å². The van der Waals surface area contributed by atoms with Crippen LogP contribution in [0.4, 0.5) is 8.78 Å². The molecule has 0 aromatic heterocycles. The van der Waals surface area contributed by atoms with Gasteiger partial charge in [-0.3, -0.25) is 0 Å². The molecule has 1 nitrogen and oxygen atoms in total. The van der Waals surface area contributed by atoms with Crippen molar-refractivity contribution in [3.63, 3.8) is 0 Å². The van der Waals surface area contributed by atoms with Crippen molar-refractivity contribution in [2.24, 2.45) is 17.3 Å². The topological polar surface area (TPSA) is 23.8 Å². The summed E-state index contributed by atoms with van der Waals surface area (Å²) < 4.78 is 24.6. The maximum Gasteiger partial charge on any atom is 0.240 e. The van der Waals surface area contributed by atoms with Gasteiger partial charge >= 0.3 is 0 Å². The van der Waals surface area contributed by atoms with Crippen molar-refractivity contribution in [2.45, 2.75) is 38.5 Å². The molecule has 0 N–H and O–H groups in total. The van der Waals surface area contributed by atoms with E-state index in [1.165, 1.54) is 0 Å². The lowest BCUT2D eigenvalue weighted by atomic mass is 9.72. The average molecular weight is 185 g/mol. The number of nitriles is 1. The van der Waals surface area contributed by atoms with E-state index in [9.17, 15) is 8.78 Å². The van der Waals surface area contributed by atoms with Gasteiger partial charge in [0, 0.05) is 6.42 Å². The number of halogens is 2. The van der Waals surface area contributed by atoms with Gasteiger partial charge in [-0.15, -0.1) is 0 Å². The quantitative estimate of drug-likeness (QED) is 0.648. The van der Waals surface area contributed by atoms with Crippen LogP contribution in [0.15, 0.2) is 0 Å². The lowest BCUT2D eigenvalue weighted by molar-refractivity contribution is 0.0694. The molecule has 0 radical (unpaired) electrons. The first-order valence-corrected chi connectivity index (χ1v) is 4.86. The SMILES string of the molecule is N#CC1(CC(F)F)CC2CCC1C2. The molecular weight excluding hydrogens is 172 g/mol. The molecule has 2 fully saturated rings. The number of nitrogens with zero attached hydrogens (tertiary/aromatic N) is 1. The minimum absolute atomic E-state index is 0.204. The lowest BCUT2D eigenvalue weighted by Gasteiger charge is -2.30. The zero-order valence-corrected chi connectivity index (χ0v) is 7.47. The van der Waals surface area contributed by atoms with Crippen molar-refractivity contribution in [1.82, 2.24) is 0 Å². The van der Waals surface area contributed by atoms with Crippen LogP contribution in [0, 0.1) is 28.6 Å². The molecule has 2 aliphatic carbocycles. The number of hydrogen-bond donors (Lipinski definition) is 0. The Kier molecular flexibility index (Phi) is 2.02. The molecule has 3 atom stereocenters. The second-order valence-electron chi connectivity index (χ2n) is 4.44. The van der Waals surface area contributed by atoms with E-state index in [-0.39, 0.29) is 12.3 Å². The zero-order valence-electron chi connectivity index (χ0n) is 7.47. The van der Waals surface area contributed by atoms with Crippen LogP contribution in [0.5, 0.6) is 0 Å². The van der Waals surface area contributed by atoms with Crippen molar-refractivity contribution < 1.29 is 8.78 Å². The maximum atomic E-state index is 12.3. The summed E-state index contributed by atoms with van der Waals surface area (Å²) in [5, 5.41) is 9.00. The molecule has 0 aromatic carbocycles. The monoisotopic (exact) mass is 185 g/mol. The molecule has 0 heterocycles. The van der Waals surface area contributed by atoms with Crippen LogP contribution in [0.3, 0.4) is 0 Å². The van der Waals surface area contributed by atoms with Crippen molar-refractivity contribution >= 4 is 0 Å². The highest BCUT2D eigenvalue weighted by Gasteiger charge is 2.52. The van der Waals surface area contributed by atoms with Gasteiger partial charge in [-0.1, -0.05) is 6.42 Å². The van der Waals surface area contributed by atoms with E-state index in [0.717, 1.165) is 25.7 Å². The van der Waals surface area contributed by atoms with Gasteiger partial charge in [-0.25, -0.2) is 8.78 Å². The van der Waals surface area contributed by atoms with E-state index in [2.05, 4.69) is 6.07 Å². The van der Waals surface area contributed by atoms with E-state index in [1.807, 2.05) is 0 Å². The lowest BCUT2D eigenvalue weighted by Crippen LogP contribution is -2.28. The van der Waals surface area contributed by atoms with Crippen molar-refractivity contribution in [3.8, 4) is 6.07 Å². The Hall–Kier alpha value is -0.650. The largest absolute Gasteiger partial charge is 0.240 e. The molecule has 3 unspecified atom stereocenters. The fourth-order valence-corrected chi connectivity index (χ4v) is 3.15. The minimum Gasteiger partial charge on any atom is -0.210 e. The number of rotatable bonds is 2. The van der Waals surface area contributed by atoms with E-state index in [0.29, 0.717) is 5.92 Å². The first kappa shape index (κ1) is 8.93. The molecule has 72 valence electrons. The Morgan fingerprint density at radius 1 is 1.46 bits per heavy atom. The van der Waals surface area contributed by atoms with Crippen LogP contribution in [0.25, 0.3) is 0 Å². The molecule has 0 spiro atoms. The highest BCUT2D eigenvalue weighted by molar-refractivity contribution is 5.11. The zero-order chi connectivity index (χ0) is 9.47. The Morgan fingerprint density at radius 3 is 2.62 bits per heavy atom. The summed E-state index contributed by atoms with van der Waals surface area (Å²) in [5.74, 6) is 0.819. The fraction of sp³-hybridized carbons (Fsp3) is 0.900. The summed E-state index contributed by atoms with van der Waals surface area (Å²) >= 11 is 0. The molecule has 3 heteroatoms. The van der Waals surface area contributed by atoms with Gasteiger partial charge in [0.25, 0.3) is 0 Å². The number of fused-ring (bicyclic) bond motifs is 2. The van der Waals surface area contributed by atoms with Crippen molar-refractivity contribution in [1.29, 1.82) is 5.26 Å². The van der Waals surface area contributed by atoms with Gasteiger partial charge < -0.3 is 0 Å². The smallest absolute Gasteiger partial charge is 0.210 e. The van der Waals surface area contributed by atoms with Gasteiger partial charge in [-0.2, -0.15) is 5.26 Å². The van der Waals surface area contributed by atoms with Gasteiger partial charge in [-0.05, 0) is 31.1 Å². The first-order valence-electron chi connectivity index (χ1n) is 4.86. The molecule has 0 amide bonds. The molecule has 0 saturated heterocycles. The molecule has 2 bridgehead atoms. The maximum absolute atomic E-state index is 12.3. The summed E-state index contributed by atoms with van der Waals surface area (Å²) in [4.78, 5) is 0. The van der Waals surface area contributed by atoms with Crippen LogP contribution in [-0.4, -0.2) is 6.43 Å². The average Bonchev–Trinajstić information content (AvgIpc) is 2.62. The molecule has 2 aliphatic rings. The Bertz CT molecular complexity index is 246. The molecule has 0 aliphatic heterocycles. The molecule has 0 aromatic rings. The van der Waals surface area contributed by atoms with Crippen LogP contribution < -0.4 is 0 Å². The van der Waals surface area contributed by atoms with Crippen LogP contribution in [0.1, 0.15) is 32.1 Å². The summed E-state index contributed by atoms with van der Waals surface area (Å²) in [6.45, 7) is 0. The molecule has 2 saturated carbocycles. The Balaban J connectivity index is 2.14. The van der Waals surface area contributed by atoms with E-state index in [4.69, 9.17) is 5.26 Å². The summed E-state index contributed by atoms with van der Waals surface area (Å²) in [5.41, 5.74) is -0.670. The van der Waals surface area contributed by atoms with Crippen LogP contribution in [0.2, 0.25) is 0 Å². The van der Waals surface area contributed by atoms with Crippen LogP contribution in [-0.2, 0) is 0 Å². The molecular formula is C10H13F2N. The third-order valence-electron chi connectivity index (χ3n) is 3.72. The first-order chi connectivity index (χ1) is 6.16. The standard InChI is InChI=1S/C10H13F2N/c11-9(12)5-10(6-13)4-7-1-2-8(10)3-7/h7-9H,1-5H2. The predicted molar refractivity (Wildman–Crippen MR) is 44.1 cm³/mol. The summed E-state index contributed by atoms with van der Waals surface area (Å²) in [7, 11) is 0. The fourth-order valence-electron chi connectivity index (χ4n) is 3.15. The molecule has 2 rings (SSSR count). The third kappa shape index (κ3) is 1.33. The highest BCUT2D eigenvalue weighted by Crippen LogP contribution is 2.57. The second-order valence-corrected chi connectivity index (χ2v) is 4.44. The van der Waals surface area contributed by atoms with Gasteiger partial charge in [0.15, 0.2) is 0 Å². The second kappa shape index (κ2) is 2.94. The number of hydrogen-bond acceptors (Lipinski definition) is 1. The third-order valence-corrected chi connectivity index (χ3v) is 3.72. The highest BCUT2D eigenvalue weighted by atomic mass is 19.3. The van der Waals surface area contributed by atoms with Gasteiger partial charge in [0.1, 0.15) is 0 Å². The minimum atomic E-state index is -2.32. The van der Waals surface area contributed by atoms with Crippen LogP contribution >= 0.6 is 0 Å². The van der Waals surface area contributed by atoms with Gasteiger partial charge in [0.05, 0.1) is 11.5 Å². The van der Waals surface area contributed by atoms with Gasteiger partial charge in [0.2, 0.25) is 6.43 Å². The van der Waals surface area contributed by atoms with E-state index in [1.54, 1.807) is 0 Å². The summed E-state index contributed by atoms with van der Waals surface area (Å²) in [6.07, 6.45) is 1.35. The van der Waals surface area contributed by atoms with E-state index >= 15 is 0 Å². The normalized spacial score (nSPS) is 42.6. The summed E-state index contributed by atoms with van der Waals surface area (Å²) in [6, 6.07) is 2.16. The van der Waals surface area contributed by atoms with E-state index < -0.39 is 11.8 Å². The predicted octanol–water partition coefficient (Wildman–Crippen LogP) is 2.97. The van der Waals surface area contributed by atoms with Crippen molar-refractivity contribution in [3.05, 3.63) is 0 Å². The Morgan fingerprint density at radius 2 is 2.23 bits per heavy atom. The number of alkyl halides is 2. The molecule has 13 heavy (non-hydrogen) atoms. The van der Waals surface area contributed by atoms with Crippen molar-refractivity contribution in [2.75, 3.05) is 0 Å².